The van der Waals surface area contributed by atoms with Crippen molar-refractivity contribution in [1.82, 2.24) is 24.5 Å². The molecule has 0 saturated carbocycles. The number of fused-ring (bicyclic) bond motifs is 1. The van der Waals surface area contributed by atoms with Crippen LogP contribution in [-0.2, 0) is 12.3 Å². The maximum atomic E-state index is 13.0. The van der Waals surface area contributed by atoms with Crippen LogP contribution in [0, 0.1) is 0 Å². The number of unbranched alkanes of at least 4 members (excludes halogenated alkanes) is 1. The smallest absolute Gasteiger partial charge is 0.262 e. The van der Waals surface area contributed by atoms with Crippen molar-refractivity contribution in [1.29, 1.82) is 0 Å². The quantitative estimate of drug-likeness (QED) is 0.317. The first-order valence-electron chi connectivity index (χ1n) is 10.1. The molecule has 2 aromatic carbocycles. The number of nitrogens with two attached hydrogens (primary N) is 1. The zero-order chi connectivity index (χ0) is 21.6. The third-order valence-corrected chi connectivity index (χ3v) is 5.59. The Labute approximate surface area is 184 Å². The van der Waals surface area contributed by atoms with Gasteiger partial charge in [0.15, 0.2) is 5.16 Å². The second-order valence-electron chi connectivity index (χ2n) is 6.94. The molecule has 31 heavy (non-hydrogen) atoms. The van der Waals surface area contributed by atoms with Crippen LogP contribution in [0.1, 0.15) is 25.6 Å². The number of para-hydroxylation sites is 2. The van der Waals surface area contributed by atoms with Crippen molar-refractivity contribution in [2.75, 3.05) is 11.1 Å². The lowest BCUT2D eigenvalue weighted by atomic mass is 10.2. The van der Waals surface area contributed by atoms with E-state index in [1.165, 1.54) is 11.8 Å². The lowest BCUT2D eigenvalue weighted by Crippen LogP contribution is -2.23. The first-order chi connectivity index (χ1) is 15.1. The molecule has 4 rings (SSSR count). The number of hydrogen-bond donors (Lipinski definition) is 2. The van der Waals surface area contributed by atoms with Crippen LogP contribution in [-0.4, -0.2) is 24.5 Å². The van der Waals surface area contributed by atoms with Gasteiger partial charge in [-0.1, -0.05) is 55.4 Å². The molecule has 2 aromatic heterocycles. The van der Waals surface area contributed by atoms with Crippen molar-refractivity contribution in [3.05, 3.63) is 70.8 Å². The van der Waals surface area contributed by atoms with Gasteiger partial charge >= 0.3 is 0 Å². The maximum Gasteiger partial charge on any atom is 0.262 e. The Bertz CT molecular complexity index is 1240. The lowest BCUT2D eigenvalue weighted by molar-refractivity contribution is 0.557. The van der Waals surface area contributed by atoms with Gasteiger partial charge in [0.1, 0.15) is 5.82 Å². The fourth-order valence-electron chi connectivity index (χ4n) is 3.11. The van der Waals surface area contributed by atoms with Crippen LogP contribution < -0.4 is 16.6 Å². The molecule has 0 bridgehead atoms. The van der Waals surface area contributed by atoms with Crippen LogP contribution in [0.2, 0.25) is 0 Å². The molecule has 0 spiro atoms. The van der Waals surface area contributed by atoms with Gasteiger partial charge in [0.2, 0.25) is 11.9 Å². The molecule has 4 aromatic rings. The SMILES string of the molecule is CCCCn1c(SCc2nc(N)nc(Nc3ccccc3)n2)nc2ccccc2c1=O. The number of anilines is 3. The third kappa shape index (κ3) is 5.00. The van der Waals surface area contributed by atoms with E-state index in [0.29, 0.717) is 40.1 Å². The molecule has 8 nitrogen and oxygen atoms in total. The summed E-state index contributed by atoms with van der Waals surface area (Å²) < 4.78 is 1.74. The highest BCUT2D eigenvalue weighted by molar-refractivity contribution is 7.98. The Balaban J connectivity index is 1.60. The van der Waals surface area contributed by atoms with Gasteiger partial charge in [-0.25, -0.2) is 4.98 Å². The molecule has 0 aliphatic heterocycles. The Morgan fingerprint density at radius 2 is 1.77 bits per heavy atom. The van der Waals surface area contributed by atoms with Crippen molar-refractivity contribution >= 4 is 40.2 Å². The van der Waals surface area contributed by atoms with Gasteiger partial charge in [0.05, 0.1) is 16.7 Å². The zero-order valence-corrected chi connectivity index (χ0v) is 18.0. The van der Waals surface area contributed by atoms with Crippen molar-refractivity contribution < 1.29 is 0 Å². The molecule has 3 N–H and O–H groups in total. The molecule has 0 atom stereocenters. The normalized spacial score (nSPS) is 11.0. The maximum absolute atomic E-state index is 13.0. The van der Waals surface area contributed by atoms with E-state index < -0.39 is 0 Å². The topological polar surface area (TPSA) is 112 Å². The molecule has 0 aliphatic carbocycles. The minimum absolute atomic E-state index is 0.0249. The van der Waals surface area contributed by atoms with Crippen molar-refractivity contribution in [3.8, 4) is 0 Å². The molecule has 0 fully saturated rings. The number of rotatable bonds is 8. The standard InChI is InChI=1S/C22H23N7OS/c1-2-3-13-29-19(30)16-11-7-8-12-17(16)25-22(29)31-14-18-26-20(23)28-21(27-18)24-15-9-5-4-6-10-15/h4-12H,2-3,13-14H2,1H3,(H3,23,24,26,27,28). The Morgan fingerprint density at radius 3 is 2.58 bits per heavy atom. The van der Waals surface area contributed by atoms with Gasteiger partial charge in [-0.2, -0.15) is 15.0 Å². The Hall–Kier alpha value is -3.46. The molecule has 9 heteroatoms. The van der Waals surface area contributed by atoms with E-state index in [4.69, 9.17) is 10.7 Å². The van der Waals surface area contributed by atoms with Crippen LogP contribution in [0.25, 0.3) is 10.9 Å². The Kier molecular flexibility index (Phi) is 6.42. The molecule has 0 aliphatic rings. The van der Waals surface area contributed by atoms with Crippen molar-refractivity contribution in [2.24, 2.45) is 0 Å². The lowest BCUT2D eigenvalue weighted by Gasteiger charge is -2.13. The monoisotopic (exact) mass is 433 g/mol. The number of nitrogen functional groups attached to an aromatic ring is 1. The third-order valence-electron chi connectivity index (χ3n) is 4.62. The number of thioether (sulfide) groups is 1. The van der Waals surface area contributed by atoms with Crippen LogP contribution in [0.5, 0.6) is 0 Å². The number of hydrogen-bond acceptors (Lipinski definition) is 8. The molecule has 0 amide bonds. The predicted molar refractivity (Wildman–Crippen MR) is 124 cm³/mol. The van der Waals surface area contributed by atoms with E-state index in [-0.39, 0.29) is 11.5 Å². The molecular formula is C22H23N7OS. The minimum Gasteiger partial charge on any atom is -0.368 e. The van der Waals surface area contributed by atoms with Crippen LogP contribution in [0.4, 0.5) is 17.6 Å². The van der Waals surface area contributed by atoms with Crippen LogP contribution >= 0.6 is 11.8 Å². The van der Waals surface area contributed by atoms with Crippen LogP contribution in [0.15, 0.2) is 64.5 Å². The highest BCUT2D eigenvalue weighted by Gasteiger charge is 2.13. The van der Waals surface area contributed by atoms with Gasteiger partial charge in [0, 0.05) is 12.2 Å². The second-order valence-corrected chi connectivity index (χ2v) is 7.88. The molecule has 158 valence electrons. The highest BCUT2D eigenvalue weighted by atomic mass is 32.2. The van der Waals surface area contributed by atoms with Gasteiger partial charge in [-0.05, 0) is 30.7 Å². The summed E-state index contributed by atoms with van der Waals surface area (Å²) in [6.07, 6.45) is 1.89. The average Bonchev–Trinajstić information content (AvgIpc) is 2.77. The summed E-state index contributed by atoms with van der Waals surface area (Å²) in [7, 11) is 0. The summed E-state index contributed by atoms with van der Waals surface area (Å²) in [4.78, 5) is 30.6. The molecular weight excluding hydrogens is 410 g/mol. The van der Waals surface area contributed by atoms with Gasteiger partial charge < -0.3 is 11.1 Å². The molecule has 0 saturated heterocycles. The van der Waals surface area contributed by atoms with Crippen molar-refractivity contribution in [3.63, 3.8) is 0 Å². The zero-order valence-electron chi connectivity index (χ0n) is 17.2. The van der Waals surface area contributed by atoms with Crippen LogP contribution in [0.3, 0.4) is 0 Å². The molecule has 2 heterocycles. The highest BCUT2D eigenvalue weighted by Crippen LogP contribution is 2.22. The number of benzene rings is 2. The average molecular weight is 434 g/mol. The summed E-state index contributed by atoms with van der Waals surface area (Å²) in [5.41, 5.74) is 7.41. The first kappa shape index (κ1) is 20.8. The van der Waals surface area contributed by atoms with E-state index in [1.807, 2.05) is 54.6 Å². The number of aromatic nitrogens is 5. The van der Waals surface area contributed by atoms with Crippen molar-refractivity contribution in [2.45, 2.75) is 37.2 Å². The molecule has 0 unspecified atom stereocenters. The summed E-state index contributed by atoms with van der Waals surface area (Å²) in [6.45, 7) is 2.72. The van der Waals surface area contributed by atoms with Gasteiger partial charge in [0.25, 0.3) is 5.56 Å². The number of nitrogens with one attached hydrogen (secondary N) is 1. The van der Waals surface area contributed by atoms with E-state index in [1.54, 1.807) is 4.57 Å². The van der Waals surface area contributed by atoms with Gasteiger partial charge in [-0.15, -0.1) is 0 Å². The summed E-state index contributed by atoms with van der Waals surface area (Å²) in [5.74, 6) is 1.44. The summed E-state index contributed by atoms with van der Waals surface area (Å²) in [5, 5.41) is 4.41. The predicted octanol–water partition coefficient (Wildman–Crippen LogP) is 4.00. The van der Waals surface area contributed by atoms with Gasteiger partial charge in [-0.3, -0.25) is 9.36 Å². The summed E-state index contributed by atoms with van der Waals surface area (Å²) >= 11 is 1.42. The van der Waals surface area contributed by atoms with E-state index in [2.05, 4.69) is 27.2 Å². The molecule has 0 radical (unpaired) electrons. The minimum atomic E-state index is -0.0249. The fourth-order valence-corrected chi connectivity index (χ4v) is 3.99. The largest absolute Gasteiger partial charge is 0.368 e. The first-order valence-corrected chi connectivity index (χ1v) is 11.1. The summed E-state index contributed by atoms with van der Waals surface area (Å²) in [6, 6.07) is 17.0. The second kappa shape index (κ2) is 9.57. The Morgan fingerprint density at radius 1 is 1.00 bits per heavy atom. The van der Waals surface area contributed by atoms with E-state index in [9.17, 15) is 4.79 Å². The van der Waals surface area contributed by atoms with E-state index >= 15 is 0 Å². The fraction of sp³-hybridized carbons (Fsp3) is 0.227. The number of nitrogens with zero attached hydrogens (tertiary/aromatic N) is 5. The van der Waals surface area contributed by atoms with E-state index in [0.717, 1.165) is 18.5 Å².